The number of benzene rings is 3. The van der Waals surface area contributed by atoms with Crippen LogP contribution in [0.3, 0.4) is 0 Å². The van der Waals surface area contributed by atoms with E-state index < -0.39 is 34.3 Å². The predicted octanol–water partition coefficient (Wildman–Crippen LogP) is 5.30. The minimum Gasteiger partial charge on any atom is -0.354 e. The zero-order chi connectivity index (χ0) is 31.1. The van der Waals surface area contributed by atoms with Crippen molar-refractivity contribution in [3.05, 3.63) is 101 Å². The highest BCUT2D eigenvalue weighted by Gasteiger charge is 2.33. The molecule has 0 fully saturated rings. The van der Waals surface area contributed by atoms with E-state index >= 15 is 0 Å². The van der Waals surface area contributed by atoms with Gasteiger partial charge >= 0.3 is 0 Å². The van der Waals surface area contributed by atoms with E-state index in [1.807, 2.05) is 56.3 Å². The molecule has 1 atom stereocenters. The molecular formula is C33H42FN3O4S. The summed E-state index contributed by atoms with van der Waals surface area (Å²) >= 11 is 0. The Bertz CT molecular complexity index is 1440. The summed E-state index contributed by atoms with van der Waals surface area (Å²) in [5.41, 5.74) is 2.69. The molecule has 3 aromatic rings. The van der Waals surface area contributed by atoms with Gasteiger partial charge in [-0.2, -0.15) is 0 Å². The van der Waals surface area contributed by atoms with Gasteiger partial charge in [-0.15, -0.1) is 0 Å². The number of halogens is 1. The largest absolute Gasteiger partial charge is 0.354 e. The number of carbonyl (C=O) groups excluding carboxylic acids is 2. The fourth-order valence-corrected chi connectivity index (χ4v) is 5.35. The highest BCUT2D eigenvalue weighted by Crippen LogP contribution is 2.26. The lowest BCUT2D eigenvalue weighted by atomic mass is 9.87. The van der Waals surface area contributed by atoms with Crippen molar-refractivity contribution in [3.63, 3.8) is 0 Å². The molecule has 0 radical (unpaired) electrons. The van der Waals surface area contributed by atoms with E-state index in [1.54, 1.807) is 24.3 Å². The van der Waals surface area contributed by atoms with Gasteiger partial charge in [-0.1, -0.05) is 89.2 Å². The van der Waals surface area contributed by atoms with Gasteiger partial charge < -0.3 is 10.2 Å². The summed E-state index contributed by atoms with van der Waals surface area (Å²) in [6, 6.07) is 21.2. The third-order valence-corrected chi connectivity index (χ3v) is 8.06. The van der Waals surface area contributed by atoms with Crippen LogP contribution >= 0.6 is 0 Å². The molecule has 0 saturated heterocycles. The van der Waals surface area contributed by atoms with Gasteiger partial charge in [0.05, 0.1) is 11.9 Å². The van der Waals surface area contributed by atoms with Gasteiger partial charge in [0.1, 0.15) is 18.4 Å². The number of hydrogen-bond donors (Lipinski definition) is 1. The minimum atomic E-state index is -3.86. The zero-order valence-electron chi connectivity index (χ0n) is 25.3. The Morgan fingerprint density at radius 1 is 0.881 bits per heavy atom. The molecule has 0 spiro atoms. The molecule has 9 heteroatoms. The van der Waals surface area contributed by atoms with Gasteiger partial charge in [-0.3, -0.25) is 13.9 Å². The van der Waals surface area contributed by atoms with Gasteiger partial charge in [-0.25, -0.2) is 12.8 Å². The van der Waals surface area contributed by atoms with Crippen LogP contribution in [0.2, 0.25) is 0 Å². The number of hydrogen-bond acceptors (Lipinski definition) is 4. The van der Waals surface area contributed by atoms with Crippen molar-refractivity contribution < 1.29 is 22.4 Å². The average molecular weight is 596 g/mol. The van der Waals surface area contributed by atoms with Crippen LogP contribution in [0.5, 0.6) is 0 Å². The Hall–Kier alpha value is -3.72. The molecule has 0 saturated carbocycles. The van der Waals surface area contributed by atoms with E-state index in [1.165, 1.54) is 17.0 Å². The molecule has 0 aromatic heterocycles. The van der Waals surface area contributed by atoms with Gasteiger partial charge in [0.2, 0.25) is 21.8 Å². The fourth-order valence-electron chi connectivity index (χ4n) is 4.50. The lowest BCUT2D eigenvalue weighted by Crippen LogP contribution is -2.53. The van der Waals surface area contributed by atoms with Crippen LogP contribution in [0.1, 0.15) is 51.3 Å². The zero-order valence-corrected chi connectivity index (χ0v) is 26.1. The minimum absolute atomic E-state index is 0.00766. The summed E-state index contributed by atoms with van der Waals surface area (Å²) in [7, 11) is -3.86. The van der Waals surface area contributed by atoms with Gasteiger partial charge in [0.25, 0.3) is 0 Å². The van der Waals surface area contributed by atoms with Crippen molar-refractivity contribution in [2.24, 2.45) is 5.92 Å². The lowest BCUT2D eigenvalue weighted by molar-refractivity contribution is -0.140. The summed E-state index contributed by atoms with van der Waals surface area (Å²) < 4.78 is 40.7. The Morgan fingerprint density at radius 2 is 1.48 bits per heavy atom. The topological polar surface area (TPSA) is 86.8 Å². The van der Waals surface area contributed by atoms with Crippen molar-refractivity contribution in [2.75, 3.05) is 23.7 Å². The maximum atomic E-state index is 14.1. The van der Waals surface area contributed by atoms with Crippen LogP contribution in [0.4, 0.5) is 10.1 Å². The first-order valence-corrected chi connectivity index (χ1v) is 15.9. The Morgan fingerprint density at radius 3 is 2.00 bits per heavy atom. The Kier molecular flexibility index (Phi) is 10.9. The molecule has 1 N–H and O–H groups in total. The predicted molar refractivity (Wildman–Crippen MR) is 166 cm³/mol. The quantitative estimate of drug-likeness (QED) is 0.308. The molecule has 3 aromatic carbocycles. The molecule has 2 amide bonds. The first-order chi connectivity index (χ1) is 19.6. The SMILES string of the molecule is CC(C)CNC(=O)C(Cc1ccccc1)N(Cc1ccc(F)cc1)C(=O)CN(c1ccc(C(C)(C)C)cc1)S(C)(=O)=O. The highest BCUT2D eigenvalue weighted by molar-refractivity contribution is 7.92. The molecule has 226 valence electrons. The van der Waals surface area contributed by atoms with Crippen molar-refractivity contribution >= 4 is 27.5 Å². The van der Waals surface area contributed by atoms with Crippen LogP contribution in [0.25, 0.3) is 0 Å². The van der Waals surface area contributed by atoms with Crippen molar-refractivity contribution in [1.29, 1.82) is 0 Å². The standard InChI is InChI=1S/C33H42FN3O4S/c1-24(2)21-35-32(39)30(20-25-10-8-7-9-11-25)36(22-26-12-16-28(34)17-13-26)31(38)23-37(42(6,40)41)29-18-14-27(15-19-29)33(3,4)5/h7-19,24,30H,20-23H2,1-6H3,(H,35,39). The van der Waals surface area contributed by atoms with Crippen LogP contribution in [0.15, 0.2) is 78.9 Å². The molecule has 0 bridgehead atoms. The number of rotatable bonds is 12. The molecule has 0 heterocycles. The van der Waals surface area contributed by atoms with E-state index in [0.29, 0.717) is 17.8 Å². The summed E-state index contributed by atoms with van der Waals surface area (Å²) in [6.45, 7) is 10.0. The lowest BCUT2D eigenvalue weighted by Gasteiger charge is -2.33. The molecule has 42 heavy (non-hydrogen) atoms. The smallest absolute Gasteiger partial charge is 0.244 e. The molecule has 0 aliphatic carbocycles. The van der Waals surface area contributed by atoms with Crippen LogP contribution in [0, 0.1) is 11.7 Å². The second-order valence-electron chi connectivity index (χ2n) is 12.1. The molecule has 0 aliphatic rings. The van der Waals surface area contributed by atoms with E-state index in [0.717, 1.165) is 21.7 Å². The van der Waals surface area contributed by atoms with Crippen molar-refractivity contribution in [3.8, 4) is 0 Å². The van der Waals surface area contributed by atoms with Gasteiger partial charge in [-0.05, 0) is 52.3 Å². The first-order valence-electron chi connectivity index (χ1n) is 14.1. The molecule has 7 nitrogen and oxygen atoms in total. The highest BCUT2D eigenvalue weighted by atomic mass is 32.2. The second kappa shape index (κ2) is 14.0. The van der Waals surface area contributed by atoms with E-state index in [4.69, 9.17) is 0 Å². The summed E-state index contributed by atoms with van der Waals surface area (Å²) in [5, 5.41) is 2.94. The number of nitrogens with zero attached hydrogens (tertiary/aromatic N) is 2. The third-order valence-electron chi connectivity index (χ3n) is 6.92. The number of anilines is 1. The van der Waals surface area contributed by atoms with E-state index in [2.05, 4.69) is 26.1 Å². The van der Waals surface area contributed by atoms with Crippen LogP contribution in [-0.4, -0.2) is 50.5 Å². The van der Waals surface area contributed by atoms with Crippen molar-refractivity contribution in [2.45, 2.75) is 59.0 Å². The van der Waals surface area contributed by atoms with Gasteiger partial charge in [0, 0.05) is 19.5 Å². The number of amides is 2. The monoisotopic (exact) mass is 595 g/mol. The number of sulfonamides is 1. The molecule has 0 aliphatic heterocycles. The molecule has 1 unspecified atom stereocenters. The maximum Gasteiger partial charge on any atom is 0.244 e. The maximum absolute atomic E-state index is 14.1. The first kappa shape index (κ1) is 32.8. The second-order valence-corrected chi connectivity index (χ2v) is 14.0. The van der Waals surface area contributed by atoms with Crippen LogP contribution < -0.4 is 9.62 Å². The summed E-state index contributed by atoms with van der Waals surface area (Å²) in [6.07, 6.45) is 1.27. The molecule has 3 rings (SSSR count). The van der Waals surface area contributed by atoms with Gasteiger partial charge in [0.15, 0.2) is 0 Å². The number of carbonyl (C=O) groups is 2. The summed E-state index contributed by atoms with van der Waals surface area (Å²) in [5.74, 6) is -1.13. The van der Waals surface area contributed by atoms with E-state index in [9.17, 15) is 22.4 Å². The fraction of sp³-hybridized carbons (Fsp3) is 0.394. The molecular weight excluding hydrogens is 553 g/mol. The average Bonchev–Trinajstić information content (AvgIpc) is 2.92. The van der Waals surface area contributed by atoms with E-state index in [-0.39, 0.29) is 30.2 Å². The van der Waals surface area contributed by atoms with Crippen molar-refractivity contribution in [1.82, 2.24) is 10.2 Å². The van der Waals surface area contributed by atoms with Crippen LogP contribution in [-0.2, 0) is 38.0 Å². The Balaban J connectivity index is 2.04. The third kappa shape index (κ3) is 9.41. The normalized spacial score (nSPS) is 12.6. The summed E-state index contributed by atoms with van der Waals surface area (Å²) in [4.78, 5) is 29.1. The number of nitrogens with one attached hydrogen (secondary N) is 1. The Labute approximate surface area is 249 Å².